The Kier molecular flexibility index (Phi) is 3.03. The average Bonchev–Trinajstić information content (AvgIpc) is 2.79. The summed E-state index contributed by atoms with van der Waals surface area (Å²) in [5, 5.41) is 3.65. The minimum Gasteiger partial charge on any atom is -0.280 e. The summed E-state index contributed by atoms with van der Waals surface area (Å²) in [4.78, 5) is 15.7. The third kappa shape index (κ3) is 1.98. The molecule has 20 heavy (non-hydrogen) atoms. The summed E-state index contributed by atoms with van der Waals surface area (Å²) in [6.45, 7) is 4.07. The van der Waals surface area contributed by atoms with Crippen LogP contribution in [0.4, 0.5) is 5.82 Å². The number of imidazole rings is 1. The van der Waals surface area contributed by atoms with Crippen LogP contribution < -0.4 is 0 Å². The van der Waals surface area contributed by atoms with Gasteiger partial charge < -0.3 is 0 Å². The maximum absolute atomic E-state index is 11.2. The number of nitroso groups, excluding NO2 is 1. The van der Waals surface area contributed by atoms with Gasteiger partial charge in [-0.15, -0.1) is 4.91 Å². The number of aryl methyl sites for hydroxylation is 2. The van der Waals surface area contributed by atoms with Crippen molar-refractivity contribution >= 4 is 23.1 Å². The molecule has 1 aromatic carbocycles. The Bertz CT molecular complexity index is 823. The van der Waals surface area contributed by atoms with Gasteiger partial charge >= 0.3 is 0 Å². The lowest BCUT2D eigenvalue weighted by atomic mass is 10.0. The van der Waals surface area contributed by atoms with Crippen LogP contribution in [0.25, 0.3) is 16.9 Å². The van der Waals surface area contributed by atoms with Crippen LogP contribution >= 0.6 is 11.6 Å². The van der Waals surface area contributed by atoms with Gasteiger partial charge in [0.1, 0.15) is 11.3 Å². The van der Waals surface area contributed by atoms with Crippen LogP contribution in [0, 0.1) is 18.8 Å². The molecule has 0 aliphatic carbocycles. The predicted molar refractivity (Wildman–Crippen MR) is 80.6 cm³/mol. The summed E-state index contributed by atoms with van der Waals surface area (Å²) < 4.78 is 1.61. The molecule has 0 fully saturated rings. The third-order valence-electron chi connectivity index (χ3n) is 3.42. The molecule has 2 aromatic heterocycles. The van der Waals surface area contributed by atoms with E-state index in [0.717, 1.165) is 11.1 Å². The van der Waals surface area contributed by atoms with E-state index in [1.54, 1.807) is 22.7 Å². The molecule has 0 amide bonds. The standard InChI is InChI=1S/C15H12ClN3O/c1-9-3-4-11(7-10(9)2)14-15(18-20)19-8-12(16)5-6-13(19)17-14/h3-8H,1-2H3. The third-order valence-corrected chi connectivity index (χ3v) is 3.65. The number of fused-ring (bicyclic) bond motifs is 1. The maximum Gasteiger partial charge on any atom is 0.209 e. The van der Waals surface area contributed by atoms with Gasteiger partial charge in [-0.25, -0.2) is 4.98 Å². The highest BCUT2D eigenvalue weighted by Gasteiger charge is 2.15. The lowest BCUT2D eigenvalue weighted by molar-refractivity contribution is 1.16. The van der Waals surface area contributed by atoms with E-state index in [9.17, 15) is 4.91 Å². The Hall–Kier alpha value is -2.20. The molecule has 5 heteroatoms. The number of aromatic nitrogens is 2. The smallest absolute Gasteiger partial charge is 0.209 e. The molecular formula is C15H12ClN3O. The maximum atomic E-state index is 11.2. The molecule has 0 radical (unpaired) electrons. The largest absolute Gasteiger partial charge is 0.280 e. The van der Waals surface area contributed by atoms with Crippen molar-refractivity contribution in [3.05, 3.63) is 57.6 Å². The summed E-state index contributed by atoms with van der Waals surface area (Å²) in [6.07, 6.45) is 1.64. The first kappa shape index (κ1) is 12.8. The Morgan fingerprint density at radius 3 is 2.65 bits per heavy atom. The van der Waals surface area contributed by atoms with Crippen LogP contribution in [0.15, 0.2) is 41.7 Å². The molecule has 4 nitrogen and oxygen atoms in total. The minimum atomic E-state index is 0.269. The molecule has 2 heterocycles. The number of hydrogen-bond donors (Lipinski definition) is 0. The number of hydrogen-bond acceptors (Lipinski definition) is 3. The first-order valence-electron chi connectivity index (χ1n) is 6.19. The van der Waals surface area contributed by atoms with E-state index >= 15 is 0 Å². The lowest BCUT2D eigenvalue weighted by Crippen LogP contribution is -1.84. The van der Waals surface area contributed by atoms with Crippen molar-refractivity contribution in [3.8, 4) is 11.3 Å². The van der Waals surface area contributed by atoms with Crippen molar-refractivity contribution in [1.29, 1.82) is 0 Å². The molecule has 3 aromatic rings. The molecule has 0 unspecified atom stereocenters. The number of pyridine rings is 1. The van der Waals surface area contributed by atoms with Gasteiger partial charge in [-0.05, 0) is 48.4 Å². The molecule has 0 saturated carbocycles. The zero-order chi connectivity index (χ0) is 14.3. The van der Waals surface area contributed by atoms with Gasteiger partial charge in [0.15, 0.2) is 0 Å². The highest BCUT2D eigenvalue weighted by atomic mass is 35.5. The summed E-state index contributed by atoms with van der Waals surface area (Å²) in [7, 11) is 0. The molecule has 0 saturated heterocycles. The van der Waals surface area contributed by atoms with E-state index in [4.69, 9.17) is 11.6 Å². The van der Waals surface area contributed by atoms with Crippen molar-refractivity contribution in [1.82, 2.24) is 9.38 Å². The number of benzene rings is 1. The van der Waals surface area contributed by atoms with Gasteiger partial charge in [-0.1, -0.05) is 23.7 Å². The van der Waals surface area contributed by atoms with Crippen molar-refractivity contribution in [2.75, 3.05) is 0 Å². The molecule has 0 bridgehead atoms. The second-order valence-corrected chi connectivity index (χ2v) is 5.19. The fourth-order valence-electron chi connectivity index (χ4n) is 2.18. The van der Waals surface area contributed by atoms with Gasteiger partial charge in [0.2, 0.25) is 5.82 Å². The fourth-order valence-corrected chi connectivity index (χ4v) is 2.34. The van der Waals surface area contributed by atoms with Crippen LogP contribution in [0.3, 0.4) is 0 Å². The zero-order valence-corrected chi connectivity index (χ0v) is 11.8. The Labute approximate surface area is 121 Å². The average molecular weight is 286 g/mol. The van der Waals surface area contributed by atoms with Crippen molar-refractivity contribution in [2.45, 2.75) is 13.8 Å². The van der Waals surface area contributed by atoms with Crippen LogP contribution in [-0.2, 0) is 0 Å². The molecule has 0 N–H and O–H groups in total. The van der Waals surface area contributed by atoms with Crippen molar-refractivity contribution < 1.29 is 0 Å². The Morgan fingerprint density at radius 2 is 1.95 bits per heavy atom. The Morgan fingerprint density at radius 1 is 1.15 bits per heavy atom. The normalized spacial score (nSPS) is 10.9. The molecule has 0 spiro atoms. The van der Waals surface area contributed by atoms with Crippen LogP contribution in [0.1, 0.15) is 11.1 Å². The van der Waals surface area contributed by atoms with Crippen LogP contribution in [0.2, 0.25) is 5.02 Å². The molecule has 100 valence electrons. The molecule has 3 rings (SSSR count). The highest BCUT2D eigenvalue weighted by Crippen LogP contribution is 2.32. The van der Waals surface area contributed by atoms with Crippen LogP contribution in [0.5, 0.6) is 0 Å². The van der Waals surface area contributed by atoms with Crippen molar-refractivity contribution in [2.24, 2.45) is 5.18 Å². The van der Waals surface area contributed by atoms with Gasteiger partial charge in [-0.2, -0.15) is 0 Å². The Balaban J connectivity index is 2.30. The number of nitrogens with zero attached hydrogens (tertiary/aromatic N) is 3. The van der Waals surface area contributed by atoms with Crippen LogP contribution in [-0.4, -0.2) is 9.38 Å². The van der Waals surface area contributed by atoms with Gasteiger partial charge in [-0.3, -0.25) is 4.40 Å². The number of rotatable bonds is 2. The predicted octanol–water partition coefficient (Wildman–Crippen LogP) is 4.67. The molecule has 0 aliphatic rings. The summed E-state index contributed by atoms with van der Waals surface area (Å²) in [5.74, 6) is 0.269. The van der Waals surface area contributed by atoms with E-state index in [2.05, 4.69) is 10.2 Å². The first-order valence-corrected chi connectivity index (χ1v) is 6.56. The van der Waals surface area contributed by atoms with Gasteiger partial charge in [0, 0.05) is 11.8 Å². The molecular weight excluding hydrogens is 274 g/mol. The van der Waals surface area contributed by atoms with Gasteiger partial charge in [0.05, 0.1) is 5.02 Å². The van der Waals surface area contributed by atoms with E-state index in [-0.39, 0.29) is 5.82 Å². The lowest BCUT2D eigenvalue weighted by Gasteiger charge is -2.03. The topological polar surface area (TPSA) is 46.7 Å². The van der Waals surface area contributed by atoms with E-state index in [0.29, 0.717) is 16.4 Å². The van der Waals surface area contributed by atoms with Crippen molar-refractivity contribution in [3.63, 3.8) is 0 Å². The second-order valence-electron chi connectivity index (χ2n) is 4.75. The quantitative estimate of drug-likeness (QED) is 0.642. The summed E-state index contributed by atoms with van der Waals surface area (Å²) >= 11 is 5.96. The number of halogens is 1. The van der Waals surface area contributed by atoms with Gasteiger partial charge in [0.25, 0.3) is 0 Å². The fraction of sp³-hybridized carbons (Fsp3) is 0.133. The molecule has 0 aliphatic heterocycles. The highest BCUT2D eigenvalue weighted by molar-refractivity contribution is 6.30. The van der Waals surface area contributed by atoms with E-state index in [1.165, 1.54) is 5.56 Å². The SMILES string of the molecule is Cc1ccc(-c2nc3ccc(Cl)cn3c2N=O)cc1C. The second kappa shape index (κ2) is 4.72. The van der Waals surface area contributed by atoms with E-state index in [1.807, 2.05) is 32.0 Å². The summed E-state index contributed by atoms with van der Waals surface area (Å²) in [5.41, 5.74) is 4.45. The van der Waals surface area contributed by atoms with E-state index < -0.39 is 0 Å². The zero-order valence-electron chi connectivity index (χ0n) is 11.1. The summed E-state index contributed by atoms with van der Waals surface area (Å²) in [6, 6.07) is 9.47. The minimum absolute atomic E-state index is 0.269. The molecule has 0 atom stereocenters. The monoisotopic (exact) mass is 285 g/mol. The first-order chi connectivity index (χ1) is 9.60.